The molecule has 1 aromatic rings. The van der Waals surface area contributed by atoms with Gasteiger partial charge in [0.15, 0.2) is 0 Å². The summed E-state index contributed by atoms with van der Waals surface area (Å²) >= 11 is 0. The van der Waals surface area contributed by atoms with Gasteiger partial charge in [-0.2, -0.15) is 5.26 Å². The molecular weight excluding hydrogens is 140 g/mol. The van der Waals surface area contributed by atoms with Gasteiger partial charge in [-0.3, -0.25) is 4.79 Å². The highest BCUT2D eigenvalue weighted by atomic mass is 16.1. The number of nitriles is 1. The van der Waals surface area contributed by atoms with Crippen LogP contribution < -0.4 is 0 Å². The zero-order valence-electron chi connectivity index (χ0n) is 6.24. The van der Waals surface area contributed by atoms with E-state index in [0.717, 1.165) is 5.69 Å². The Morgan fingerprint density at radius 1 is 1.82 bits per heavy atom. The predicted molar refractivity (Wildman–Crippen MR) is 39.7 cm³/mol. The second kappa shape index (κ2) is 3.02. The summed E-state index contributed by atoms with van der Waals surface area (Å²) in [6.07, 6.45) is 2.06. The molecule has 0 saturated carbocycles. The van der Waals surface area contributed by atoms with E-state index in [0.29, 0.717) is 0 Å². The lowest BCUT2D eigenvalue weighted by atomic mass is 10.2. The van der Waals surface area contributed by atoms with Crippen LogP contribution in [0.2, 0.25) is 0 Å². The average molecular weight is 148 g/mol. The maximum absolute atomic E-state index is 10.7. The first-order valence-electron chi connectivity index (χ1n) is 3.27. The second-order valence-electron chi connectivity index (χ2n) is 2.32. The Hall–Kier alpha value is -1.56. The molecule has 1 heterocycles. The van der Waals surface area contributed by atoms with Crippen molar-refractivity contribution in [1.29, 1.82) is 5.26 Å². The van der Waals surface area contributed by atoms with Crippen LogP contribution in [0.25, 0.3) is 0 Å². The fourth-order valence-electron chi connectivity index (χ4n) is 0.884. The molecule has 0 radical (unpaired) electrons. The van der Waals surface area contributed by atoms with E-state index in [-0.39, 0.29) is 6.42 Å². The van der Waals surface area contributed by atoms with Crippen LogP contribution in [0.4, 0.5) is 0 Å². The topological polar surface area (TPSA) is 45.8 Å². The monoisotopic (exact) mass is 148 g/mol. The molecule has 0 aliphatic rings. The lowest BCUT2D eigenvalue weighted by molar-refractivity contribution is -0.113. The van der Waals surface area contributed by atoms with E-state index >= 15 is 0 Å². The number of Topliss-reactive ketones (excluding diaryl/α,β-unsaturated/α-hetero) is 1. The summed E-state index contributed by atoms with van der Waals surface area (Å²) in [6, 6.07) is 5.25. The van der Waals surface area contributed by atoms with Crippen molar-refractivity contribution < 1.29 is 4.79 Å². The van der Waals surface area contributed by atoms with Crippen molar-refractivity contribution in [2.75, 3.05) is 0 Å². The van der Waals surface area contributed by atoms with Crippen molar-refractivity contribution >= 4 is 5.78 Å². The van der Waals surface area contributed by atoms with Crippen molar-refractivity contribution in [3.63, 3.8) is 0 Å². The minimum Gasteiger partial charge on any atom is -0.354 e. The number of hydrogen-bond donors (Lipinski definition) is 0. The van der Waals surface area contributed by atoms with Crippen LogP contribution in [0.3, 0.4) is 0 Å². The van der Waals surface area contributed by atoms with E-state index in [1.54, 1.807) is 6.07 Å². The van der Waals surface area contributed by atoms with E-state index in [1.165, 1.54) is 0 Å². The zero-order valence-corrected chi connectivity index (χ0v) is 6.24. The number of hydrogen-bond acceptors (Lipinski definition) is 2. The second-order valence-corrected chi connectivity index (χ2v) is 2.32. The van der Waals surface area contributed by atoms with Gasteiger partial charge < -0.3 is 4.57 Å². The molecule has 0 aliphatic carbocycles. The van der Waals surface area contributed by atoms with Crippen LogP contribution in [-0.2, 0) is 18.3 Å². The fourth-order valence-corrected chi connectivity index (χ4v) is 0.884. The molecule has 0 N–H and O–H groups in total. The molecule has 0 unspecified atom stereocenters. The summed E-state index contributed by atoms with van der Waals surface area (Å²) in [5.41, 5.74) is 0.872. The molecular formula is C8H8N2O. The Kier molecular flexibility index (Phi) is 2.07. The summed E-state index contributed by atoms with van der Waals surface area (Å²) in [7, 11) is 1.85. The summed E-state index contributed by atoms with van der Waals surface area (Å²) < 4.78 is 1.83. The van der Waals surface area contributed by atoms with Crippen LogP contribution >= 0.6 is 0 Å². The third kappa shape index (κ3) is 1.68. The minimum absolute atomic E-state index is 0.208. The average Bonchev–Trinajstić information content (AvgIpc) is 2.37. The molecule has 0 aromatic carbocycles. The van der Waals surface area contributed by atoms with E-state index in [9.17, 15) is 4.79 Å². The van der Waals surface area contributed by atoms with Gasteiger partial charge in [0.2, 0.25) is 5.78 Å². The molecule has 0 aliphatic heterocycles. The van der Waals surface area contributed by atoms with Crippen LogP contribution in [0.1, 0.15) is 5.69 Å². The molecule has 11 heavy (non-hydrogen) atoms. The highest BCUT2D eigenvalue weighted by Crippen LogP contribution is 2.00. The van der Waals surface area contributed by atoms with Gasteiger partial charge in [-0.1, -0.05) is 0 Å². The number of carbonyl (C=O) groups is 1. The van der Waals surface area contributed by atoms with E-state index < -0.39 is 5.78 Å². The van der Waals surface area contributed by atoms with Crippen LogP contribution in [-0.4, -0.2) is 10.4 Å². The SMILES string of the molecule is Cn1cccc1CC(=O)C#N. The van der Waals surface area contributed by atoms with Gasteiger partial charge in [-0.25, -0.2) is 0 Å². The van der Waals surface area contributed by atoms with Gasteiger partial charge >= 0.3 is 0 Å². The predicted octanol–water partition coefficient (Wildman–Crippen LogP) is 0.660. The first kappa shape index (κ1) is 7.55. The molecule has 1 rings (SSSR count). The van der Waals surface area contributed by atoms with Gasteiger partial charge in [0, 0.05) is 18.9 Å². The fraction of sp³-hybridized carbons (Fsp3) is 0.250. The normalized spacial score (nSPS) is 9.09. The lowest BCUT2D eigenvalue weighted by Gasteiger charge is -1.96. The number of aryl methyl sites for hydroxylation is 1. The van der Waals surface area contributed by atoms with E-state index in [1.807, 2.05) is 29.9 Å². The molecule has 0 fully saturated rings. The number of nitrogens with zero attached hydrogens (tertiary/aromatic N) is 2. The first-order chi connectivity index (χ1) is 5.24. The third-order valence-electron chi connectivity index (χ3n) is 1.52. The zero-order chi connectivity index (χ0) is 8.27. The maximum Gasteiger partial charge on any atom is 0.237 e. The largest absolute Gasteiger partial charge is 0.354 e. The molecule has 0 saturated heterocycles. The highest BCUT2D eigenvalue weighted by Gasteiger charge is 2.03. The van der Waals surface area contributed by atoms with Gasteiger partial charge in [0.25, 0.3) is 0 Å². The molecule has 0 amide bonds. The van der Waals surface area contributed by atoms with Crippen molar-refractivity contribution in [3.8, 4) is 6.07 Å². The highest BCUT2D eigenvalue weighted by molar-refractivity contribution is 5.94. The van der Waals surface area contributed by atoms with Crippen LogP contribution in [0.5, 0.6) is 0 Å². The Morgan fingerprint density at radius 2 is 2.55 bits per heavy atom. The Morgan fingerprint density at radius 3 is 3.00 bits per heavy atom. The Balaban J connectivity index is 2.73. The Bertz CT molecular complexity index is 306. The summed E-state index contributed by atoms with van der Waals surface area (Å²) in [5, 5.41) is 8.22. The van der Waals surface area contributed by atoms with Crippen molar-refractivity contribution in [3.05, 3.63) is 24.0 Å². The number of rotatable bonds is 2. The van der Waals surface area contributed by atoms with Crippen molar-refractivity contribution in [2.45, 2.75) is 6.42 Å². The van der Waals surface area contributed by atoms with Gasteiger partial charge in [-0.15, -0.1) is 0 Å². The standard InChI is InChI=1S/C8H8N2O/c1-10-4-2-3-7(10)5-8(11)6-9/h2-4H,5H2,1H3. The maximum atomic E-state index is 10.7. The van der Waals surface area contributed by atoms with Gasteiger partial charge in [0.05, 0.1) is 6.42 Å². The lowest BCUT2D eigenvalue weighted by Crippen LogP contribution is -2.03. The molecule has 1 aromatic heterocycles. The molecule has 0 atom stereocenters. The van der Waals surface area contributed by atoms with Crippen molar-refractivity contribution in [2.24, 2.45) is 7.05 Å². The third-order valence-corrected chi connectivity index (χ3v) is 1.52. The molecule has 3 nitrogen and oxygen atoms in total. The van der Waals surface area contributed by atoms with E-state index in [2.05, 4.69) is 0 Å². The molecule has 0 spiro atoms. The van der Waals surface area contributed by atoms with Gasteiger partial charge in [-0.05, 0) is 12.1 Å². The summed E-state index contributed by atoms with van der Waals surface area (Å²) in [5.74, 6) is -0.396. The quantitative estimate of drug-likeness (QED) is 0.578. The molecule has 0 bridgehead atoms. The van der Waals surface area contributed by atoms with Crippen molar-refractivity contribution in [1.82, 2.24) is 4.57 Å². The number of carbonyl (C=O) groups excluding carboxylic acids is 1. The molecule has 3 heteroatoms. The number of ketones is 1. The smallest absolute Gasteiger partial charge is 0.237 e. The van der Waals surface area contributed by atoms with E-state index in [4.69, 9.17) is 5.26 Å². The number of aromatic nitrogens is 1. The summed E-state index contributed by atoms with van der Waals surface area (Å²) in [4.78, 5) is 10.7. The van der Waals surface area contributed by atoms with Gasteiger partial charge in [0.1, 0.15) is 6.07 Å². The Labute approximate surface area is 64.9 Å². The molecule has 56 valence electrons. The summed E-state index contributed by atoms with van der Waals surface area (Å²) in [6.45, 7) is 0. The minimum atomic E-state index is -0.396. The first-order valence-corrected chi connectivity index (χ1v) is 3.27. The van der Waals surface area contributed by atoms with Crippen LogP contribution in [0, 0.1) is 11.3 Å². The van der Waals surface area contributed by atoms with Crippen LogP contribution in [0.15, 0.2) is 18.3 Å².